The molecular formula is C10H16N2O3S2. The van der Waals surface area contributed by atoms with Crippen molar-refractivity contribution < 1.29 is 13.5 Å². The number of aromatic nitrogens is 1. The summed E-state index contributed by atoms with van der Waals surface area (Å²) in [5.41, 5.74) is 0.504. The fraction of sp³-hybridized carbons (Fsp3) is 0.600. The van der Waals surface area contributed by atoms with Gasteiger partial charge in [0.2, 0.25) is 10.0 Å². The molecule has 1 aromatic rings. The van der Waals surface area contributed by atoms with Crippen molar-refractivity contribution in [2.75, 3.05) is 11.5 Å². The van der Waals surface area contributed by atoms with Crippen LogP contribution in [-0.4, -0.2) is 36.1 Å². The van der Waals surface area contributed by atoms with Crippen LogP contribution in [0.4, 0.5) is 0 Å². The molecule has 1 fully saturated rings. The molecule has 0 spiro atoms. The van der Waals surface area contributed by atoms with E-state index in [-0.39, 0.29) is 17.5 Å². The van der Waals surface area contributed by atoms with Crippen molar-refractivity contribution in [3.63, 3.8) is 0 Å². The predicted molar refractivity (Wildman–Crippen MR) is 67.4 cm³/mol. The minimum Gasteiger partial charge on any atom is -0.390 e. The second kappa shape index (κ2) is 5.43. The lowest BCUT2D eigenvalue weighted by Crippen LogP contribution is -2.37. The lowest BCUT2D eigenvalue weighted by Gasteiger charge is -2.21. The lowest BCUT2D eigenvalue weighted by atomic mass is 10.2. The number of hydrogen-bond donors (Lipinski definition) is 3. The first-order valence-corrected chi connectivity index (χ1v) is 8.14. The molecule has 5 nitrogen and oxygen atoms in total. The molecular weight excluding hydrogens is 260 g/mol. The van der Waals surface area contributed by atoms with Crippen molar-refractivity contribution in [1.29, 1.82) is 0 Å². The highest BCUT2D eigenvalue weighted by molar-refractivity contribution is 7.99. The van der Waals surface area contributed by atoms with Crippen molar-refractivity contribution in [3.05, 3.63) is 18.0 Å². The summed E-state index contributed by atoms with van der Waals surface area (Å²) in [5.74, 6) is 2.00. The van der Waals surface area contributed by atoms with Crippen LogP contribution in [0.25, 0.3) is 0 Å². The maximum Gasteiger partial charge on any atom is 0.242 e. The first-order chi connectivity index (χ1) is 8.12. The molecule has 0 aromatic carbocycles. The standard InChI is InChI=1S/C10H16N2O3S2/c13-7-9-5-10(6-11-9)17(14,15)12-8-1-3-16-4-2-8/h5-6,8,11-13H,1-4,7H2. The monoisotopic (exact) mass is 276 g/mol. The molecule has 0 amide bonds. The summed E-state index contributed by atoms with van der Waals surface area (Å²) in [5, 5.41) is 8.89. The van der Waals surface area contributed by atoms with Crippen LogP contribution in [0, 0.1) is 0 Å². The van der Waals surface area contributed by atoms with E-state index in [1.165, 1.54) is 12.3 Å². The molecule has 0 aliphatic carbocycles. The van der Waals surface area contributed by atoms with E-state index >= 15 is 0 Å². The third-order valence-electron chi connectivity index (χ3n) is 2.74. The molecule has 3 N–H and O–H groups in total. The van der Waals surface area contributed by atoms with Crippen LogP contribution in [0.15, 0.2) is 17.2 Å². The molecule has 96 valence electrons. The fourth-order valence-electron chi connectivity index (χ4n) is 1.77. The second-order valence-electron chi connectivity index (χ2n) is 4.03. The zero-order valence-corrected chi connectivity index (χ0v) is 11.0. The van der Waals surface area contributed by atoms with Gasteiger partial charge in [-0.1, -0.05) is 0 Å². The number of hydrogen-bond acceptors (Lipinski definition) is 4. The van der Waals surface area contributed by atoms with Gasteiger partial charge in [-0.3, -0.25) is 0 Å². The van der Waals surface area contributed by atoms with Crippen LogP contribution >= 0.6 is 11.8 Å². The van der Waals surface area contributed by atoms with Crippen molar-refractivity contribution in [2.45, 2.75) is 30.4 Å². The van der Waals surface area contributed by atoms with Gasteiger partial charge < -0.3 is 10.1 Å². The Hall–Kier alpha value is -0.500. The number of sulfonamides is 1. The Balaban J connectivity index is 2.07. The van der Waals surface area contributed by atoms with Crippen LogP contribution < -0.4 is 4.72 Å². The molecule has 1 saturated heterocycles. The SMILES string of the molecule is O=S(=O)(NC1CCSCC1)c1c[nH]c(CO)c1. The quantitative estimate of drug-likeness (QED) is 0.755. The summed E-state index contributed by atoms with van der Waals surface area (Å²) in [7, 11) is -3.45. The summed E-state index contributed by atoms with van der Waals surface area (Å²) < 4.78 is 26.7. The number of H-pyrrole nitrogens is 1. The molecule has 1 aliphatic heterocycles. The van der Waals surface area contributed by atoms with Gasteiger partial charge in [-0.2, -0.15) is 11.8 Å². The fourth-order valence-corrected chi connectivity index (χ4v) is 4.20. The lowest BCUT2D eigenvalue weighted by molar-refractivity contribution is 0.277. The van der Waals surface area contributed by atoms with Gasteiger partial charge in [-0.05, 0) is 30.4 Å². The van der Waals surface area contributed by atoms with Gasteiger partial charge in [0.05, 0.1) is 11.5 Å². The third kappa shape index (κ3) is 3.25. The number of aliphatic hydroxyl groups is 1. The molecule has 0 atom stereocenters. The van der Waals surface area contributed by atoms with Gasteiger partial charge in [0.15, 0.2) is 0 Å². The summed E-state index contributed by atoms with van der Waals surface area (Å²) in [6, 6.07) is 1.49. The largest absolute Gasteiger partial charge is 0.390 e. The van der Waals surface area contributed by atoms with E-state index in [2.05, 4.69) is 9.71 Å². The van der Waals surface area contributed by atoms with E-state index in [4.69, 9.17) is 5.11 Å². The smallest absolute Gasteiger partial charge is 0.242 e. The van der Waals surface area contributed by atoms with E-state index in [1.807, 2.05) is 11.8 Å². The minimum absolute atomic E-state index is 0.0359. The first kappa shape index (κ1) is 12.9. The van der Waals surface area contributed by atoms with Gasteiger partial charge in [0, 0.05) is 17.9 Å². The van der Waals surface area contributed by atoms with Gasteiger partial charge >= 0.3 is 0 Å². The summed E-state index contributed by atoms with van der Waals surface area (Å²) in [6.45, 7) is -0.185. The van der Waals surface area contributed by atoms with Crippen molar-refractivity contribution in [3.8, 4) is 0 Å². The summed E-state index contributed by atoms with van der Waals surface area (Å²) in [6.07, 6.45) is 3.16. The van der Waals surface area contributed by atoms with E-state index in [0.29, 0.717) is 5.69 Å². The van der Waals surface area contributed by atoms with E-state index < -0.39 is 10.0 Å². The Morgan fingerprint density at radius 3 is 2.76 bits per heavy atom. The number of thioether (sulfide) groups is 1. The van der Waals surface area contributed by atoms with Gasteiger partial charge in [-0.15, -0.1) is 0 Å². The maximum atomic E-state index is 12.0. The molecule has 1 aromatic heterocycles. The molecule has 0 saturated carbocycles. The van der Waals surface area contributed by atoms with Gasteiger partial charge in [0.25, 0.3) is 0 Å². The molecule has 2 heterocycles. The van der Waals surface area contributed by atoms with Crippen molar-refractivity contribution >= 4 is 21.8 Å². The number of rotatable bonds is 4. The predicted octanol–water partition coefficient (Wildman–Crippen LogP) is 0.681. The molecule has 0 radical (unpaired) electrons. The Kier molecular flexibility index (Phi) is 4.13. The van der Waals surface area contributed by atoms with Crippen molar-refractivity contribution in [1.82, 2.24) is 9.71 Å². The van der Waals surface area contributed by atoms with Crippen LogP contribution in [0.5, 0.6) is 0 Å². The topological polar surface area (TPSA) is 82.2 Å². The number of aromatic amines is 1. The highest BCUT2D eigenvalue weighted by Gasteiger charge is 2.22. The van der Waals surface area contributed by atoms with Crippen LogP contribution in [-0.2, 0) is 16.6 Å². The number of nitrogens with one attached hydrogen (secondary N) is 2. The van der Waals surface area contributed by atoms with Crippen molar-refractivity contribution in [2.24, 2.45) is 0 Å². The van der Waals surface area contributed by atoms with Crippen LogP contribution in [0.3, 0.4) is 0 Å². The Morgan fingerprint density at radius 2 is 2.18 bits per heavy atom. The molecule has 0 bridgehead atoms. The molecule has 7 heteroatoms. The summed E-state index contributed by atoms with van der Waals surface area (Å²) >= 11 is 1.85. The zero-order valence-electron chi connectivity index (χ0n) is 9.35. The second-order valence-corrected chi connectivity index (χ2v) is 6.97. The average molecular weight is 276 g/mol. The first-order valence-electron chi connectivity index (χ1n) is 5.50. The minimum atomic E-state index is -3.45. The van der Waals surface area contributed by atoms with Crippen LogP contribution in [0.1, 0.15) is 18.5 Å². The highest BCUT2D eigenvalue weighted by Crippen LogP contribution is 2.19. The van der Waals surface area contributed by atoms with Crippen LogP contribution in [0.2, 0.25) is 0 Å². The van der Waals surface area contributed by atoms with E-state index in [0.717, 1.165) is 24.3 Å². The molecule has 17 heavy (non-hydrogen) atoms. The zero-order chi connectivity index (χ0) is 12.3. The molecule has 0 unspecified atom stereocenters. The van der Waals surface area contributed by atoms with E-state index in [9.17, 15) is 8.42 Å². The van der Waals surface area contributed by atoms with E-state index in [1.54, 1.807) is 0 Å². The normalized spacial score (nSPS) is 18.4. The Morgan fingerprint density at radius 1 is 1.47 bits per heavy atom. The highest BCUT2D eigenvalue weighted by atomic mass is 32.2. The Labute approximate surface area is 105 Å². The average Bonchev–Trinajstić information content (AvgIpc) is 2.79. The summed E-state index contributed by atoms with van der Waals surface area (Å²) in [4.78, 5) is 2.92. The Bertz CT molecular complexity index is 464. The number of aliphatic hydroxyl groups excluding tert-OH is 1. The third-order valence-corrected chi connectivity index (χ3v) is 5.29. The molecule has 2 rings (SSSR count). The molecule has 1 aliphatic rings. The van der Waals surface area contributed by atoms with Gasteiger partial charge in [-0.25, -0.2) is 13.1 Å². The van der Waals surface area contributed by atoms with Gasteiger partial charge in [0.1, 0.15) is 0 Å². The maximum absolute atomic E-state index is 12.0.